The summed E-state index contributed by atoms with van der Waals surface area (Å²) in [5, 5.41) is 5.53. The van der Waals surface area contributed by atoms with Gasteiger partial charge in [-0.25, -0.2) is 15.0 Å². The van der Waals surface area contributed by atoms with Crippen molar-refractivity contribution in [2.75, 3.05) is 0 Å². The molecule has 0 aliphatic heterocycles. The quantitative estimate of drug-likeness (QED) is 0.143. The van der Waals surface area contributed by atoms with Crippen LogP contribution in [0.15, 0.2) is 253 Å². The Hall–Kier alpha value is -9.25. The Balaban J connectivity index is 0.894. The second-order valence-electron chi connectivity index (χ2n) is 17.5. The van der Waals surface area contributed by atoms with Crippen molar-refractivity contribution in [3.63, 3.8) is 0 Å². The van der Waals surface area contributed by atoms with Crippen LogP contribution in [0.1, 0.15) is 0 Å². The van der Waals surface area contributed by atoms with Crippen molar-refractivity contribution in [1.29, 1.82) is 0 Å². The van der Waals surface area contributed by atoms with Crippen LogP contribution in [0.5, 0.6) is 0 Å². The van der Waals surface area contributed by atoms with Gasteiger partial charge in [0.05, 0.1) is 22.6 Å². The number of hydrogen-bond donors (Lipinski definition) is 0. The lowest BCUT2D eigenvalue weighted by Crippen LogP contribution is -1.96. The third-order valence-electron chi connectivity index (χ3n) is 13.3. The molecule has 0 fully saturated rings. The van der Waals surface area contributed by atoms with E-state index in [2.05, 4.69) is 224 Å². The van der Waals surface area contributed by atoms with E-state index >= 15 is 0 Å². The van der Waals surface area contributed by atoms with Crippen LogP contribution in [0.2, 0.25) is 0 Å². The number of nitrogens with zero attached hydrogens (tertiary/aromatic N) is 3. The number of furan rings is 1. The van der Waals surface area contributed by atoms with Crippen LogP contribution in [0.4, 0.5) is 0 Å². The van der Waals surface area contributed by atoms with Crippen LogP contribution >= 0.6 is 0 Å². The summed E-state index contributed by atoms with van der Waals surface area (Å²) in [6.07, 6.45) is 0. The van der Waals surface area contributed by atoms with Crippen LogP contribution in [-0.4, -0.2) is 15.0 Å². The normalized spacial score (nSPS) is 11.5. The van der Waals surface area contributed by atoms with Crippen LogP contribution in [0.3, 0.4) is 0 Å². The number of hydrogen-bond acceptors (Lipinski definition) is 4. The molecule has 3 heterocycles. The van der Waals surface area contributed by atoms with Crippen molar-refractivity contribution in [1.82, 2.24) is 15.0 Å². The Morgan fingerprint density at radius 1 is 0.261 bits per heavy atom. The average Bonchev–Trinajstić information content (AvgIpc) is 3.81. The van der Waals surface area contributed by atoms with Crippen LogP contribution in [0.25, 0.3) is 133 Å². The smallest absolute Gasteiger partial charge is 0.160 e. The van der Waals surface area contributed by atoms with Crippen LogP contribution in [0, 0.1) is 0 Å². The van der Waals surface area contributed by atoms with Crippen molar-refractivity contribution in [2.45, 2.75) is 0 Å². The van der Waals surface area contributed by atoms with Gasteiger partial charge in [-0.1, -0.05) is 224 Å². The van der Waals surface area contributed by atoms with E-state index < -0.39 is 0 Å². The number of pyridine rings is 1. The Labute approximate surface area is 399 Å². The second kappa shape index (κ2) is 16.9. The minimum Gasteiger partial charge on any atom is -0.456 e. The molecule has 322 valence electrons. The predicted octanol–water partition coefficient (Wildman–Crippen LogP) is 17.4. The van der Waals surface area contributed by atoms with Gasteiger partial charge in [-0.05, 0) is 63.2 Å². The molecule has 0 bridgehead atoms. The van der Waals surface area contributed by atoms with E-state index in [1.165, 1.54) is 16.5 Å². The maximum Gasteiger partial charge on any atom is 0.160 e. The van der Waals surface area contributed by atoms with Crippen LogP contribution in [-0.2, 0) is 0 Å². The fourth-order valence-corrected chi connectivity index (χ4v) is 9.86. The van der Waals surface area contributed by atoms with E-state index in [9.17, 15) is 0 Å². The van der Waals surface area contributed by atoms with Crippen molar-refractivity contribution < 1.29 is 4.42 Å². The van der Waals surface area contributed by atoms with E-state index in [1.54, 1.807) is 0 Å². The van der Waals surface area contributed by atoms with Gasteiger partial charge in [-0.2, -0.15) is 0 Å². The van der Waals surface area contributed by atoms with Gasteiger partial charge in [0.1, 0.15) is 11.2 Å². The van der Waals surface area contributed by atoms with Gasteiger partial charge in [0, 0.05) is 54.7 Å². The number of aromatic nitrogens is 3. The maximum atomic E-state index is 6.64. The SMILES string of the molecule is c1ccc(-c2ccc(-c3cc(-c4ccc(-c5ccc(-c6c7c(cc8c(-c9ccccc9)nc9ccccc9c68)oc6ccccc67)cc5)cc4)nc(-c4ccc(-c5ccccc5)cc4)n3)cc2)cc1. The molecule has 69 heavy (non-hydrogen) atoms. The zero-order chi connectivity index (χ0) is 45.7. The first-order chi connectivity index (χ1) is 34.2. The summed E-state index contributed by atoms with van der Waals surface area (Å²) in [5.41, 5.74) is 18.6. The molecular weight excluding hydrogens is 839 g/mol. The zero-order valence-corrected chi connectivity index (χ0v) is 37.4. The molecule has 0 atom stereocenters. The summed E-state index contributed by atoms with van der Waals surface area (Å²) in [4.78, 5) is 15.6. The molecule has 0 radical (unpaired) electrons. The highest BCUT2D eigenvalue weighted by molar-refractivity contribution is 6.27. The van der Waals surface area contributed by atoms with Gasteiger partial charge in [0.25, 0.3) is 0 Å². The summed E-state index contributed by atoms with van der Waals surface area (Å²) in [6.45, 7) is 0. The summed E-state index contributed by atoms with van der Waals surface area (Å²) >= 11 is 0. The van der Waals surface area contributed by atoms with Crippen molar-refractivity contribution in [3.8, 4) is 89.7 Å². The lowest BCUT2D eigenvalue weighted by Gasteiger charge is -2.16. The van der Waals surface area contributed by atoms with E-state index in [-0.39, 0.29) is 0 Å². The highest BCUT2D eigenvalue weighted by Gasteiger charge is 2.22. The first-order valence-electron chi connectivity index (χ1n) is 23.3. The third-order valence-corrected chi connectivity index (χ3v) is 13.3. The van der Waals surface area contributed by atoms with Gasteiger partial charge in [0.2, 0.25) is 0 Å². The van der Waals surface area contributed by atoms with Crippen molar-refractivity contribution >= 4 is 43.6 Å². The van der Waals surface area contributed by atoms with E-state index in [4.69, 9.17) is 19.4 Å². The molecule has 0 saturated carbocycles. The first-order valence-corrected chi connectivity index (χ1v) is 23.3. The molecule has 10 aromatic carbocycles. The molecule has 0 aliphatic carbocycles. The highest BCUT2D eigenvalue weighted by Crippen LogP contribution is 2.46. The second-order valence-corrected chi connectivity index (χ2v) is 17.5. The van der Waals surface area contributed by atoms with Crippen LogP contribution < -0.4 is 0 Å². The molecule has 0 saturated heterocycles. The average molecular weight is 880 g/mol. The molecular formula is C65H41N3O. The molecule has 0 amide bonds. The Bertz CT molecular complexity index is 3900. The highest BCUT2D eigenvalue weighted by atomic mass is 16.3. The molecule has 0 N–H and O–H groups in total. The number of para-hydroxylation sites is 2. The molecule has 0 aliphatic rings. The topological polar surface area (TPSA) is 51.8 Å². The van der Waals surface area contributed by atoms with Gasteiger partial charge in [-0.3, -0.25) is 0 Å². The molecule has 3 aromatic heterocycles. The summed E-state index contributed by atoms with van der Waals surface area (Å²) in [5.74, 6) is 0.682. The van der Waals surface area contributed by atoms with E-state index in [0.717, 1.165) is 111 Å². The monoisotopic (exact) mass is 879 g/mol. The largest absolute Gasteiger partial charge is 0.456 e. The summed E-state index contributed by atoms with van der Waals surface area (Å²) in [6, 6.07) is 87.4. The van der Waals surface area contributed by atoms with Crippen molar-refractivity contribution in [2.24, 2.45) is 0 Å². The van der Waals surface area contributed by atoms with Gasteiger partial charge >= 0.3 is 0 Å². The minimum atomic E-state index is 0.682. The lowest BCUT2D eigenvalue weighted by molar-refractivity contribution is 0.669. The number of benzene rings is 10. The first kappa shape index (κ1) is 40.1. The summed E-state index contributed by atoms with van der Waals surface area (Å²) < 4.78 is 6.64. The fourth-order valence-electron chi connectivity index (χ4n) is 9.86. The zero-order valence-electron chi connectivity index (χ0n) is 37.4. The molecule has 4 nitrogen and oxygen atoms in total. The summed E-state index contributed by atoms with van der Waals surface area (Å²) in [7, 11) is 0. The van der Waals surface area contributed by atoms with Gasteiger partial charge in [-0.15, -0.1) is 0 Å². The molecule has 0 spiro atoms. The minimum absolute atomic E-state index is 0.682. The molecule has 13 aromatic rings. The number of fused-ring (bicyclic) bond motifs is 6. The Kier molecular flexibility index (Phi) is 9.80. The maximum absolute atomic E-state index is 6.64. The predicted molar refractivity (Wildman–Crippen MR) is 286 cm³/mol. The van der Waals surface area contributed by atoms with Gasteiger partial charge < -0.3 is 4.42 Å². The lowest BCUT2D eigenvalue weighted by atomic mass is 9.89. The molecule has 0 unspecified atom stereocenters. The third kappa shape index (κ3) is 7.32. The number of rotatable bonds is 8. The van der Waals surface area contributed by atoms with E-state index in [1.807, 2.05) is 24.3 Å². The van der Waals surface area contributed by atoms with Crippen molar-refractivity contribution in [3.05, 3.63) is 249 Å². The standard InChI is InChI=1S/C65H41N3O/c1-4-14-42(15-5-1)44-24-32-48(33-25-44)57-41-58(68-65(67-57)52-38-30-45(31-39-52)43-16-6-2-7-17-43)49-34-26-46(27-35-49)47-28-36-50(37-29-47)61-62-53-20-10-12-22-56(53)66-64(51-18-8-3-9-19-51)55(62)40-60-63(61)54-21-11-13-23-59(54)69-60/h1-41H. The Morgan fingerprint density at radius 3 is 1.23 bits per heavy atom. The molecule has 13 rings (SSSR count). The van der Waals surface area contributed by atoms with Gasteiger partial charge in [0.15, 0.2) is 5.82 Å². The van der Waals surface area contributed by atoms with E-state index in [0.29, 0.717) is 5.82 Å². The molecule has 4 heteroatoms. The fraction of sp³-hybridized carbons (Fsp3) is 0. The Morgan fingerprint density at radius 2 is 0.681 bits per heavy atom.